The van der Waals surface area contributed by atoms with Crippen molar-refractivity contribution in [1.82, 2.24) is 14.6 Å². The molecule has 0 amide bonds. The Balaban J connectivity index is 2.20. The second-order valence-corrected chi connectivity index (χ2v) is 4.16. The first-order valence-corrected chi connectivity index (χ1v) is 5.66. The predicted octanol–water partition coefficient (Wildman–Crippen LogP) is 1.53. The zero-order valence-corrected chi connectivity index (χ0v) is 10.0. The van der Waals surface area contributed by atoms with Crippen molar-refractivity contribution in [3.05, 3.63) is 58.3 Å². The van der Waals surface area contributed by atoms with Crippen LogP contribution in [0.3, 0.4) is 0 Å². The van der Waals surface area contributed by atoms with Crippen molar-refractivity contribution < 1.29 is 14.3 Å². The van der Waals surface area contributed by atoms with E-state index >= 15 is 0 Å². The normalized spacial score (nSPS) is 10.8. The molecule has 7 heteroatoms. The van der Waals surface area contributed by atoms with Crippen LogP contribution >= 0.6 is 0 Å². The van der Waals surface area contributed by atoms with E-state index in [1.807, 2.05) is 0 Å². The van der Waals surface area contributed by atoms with E-state index in [1.165, 1.54) is 18.2 Å². The van der Waals surface area contributed by atoms with E-state index in [2.05, 4.69) is 10.1 Å². The Hall–Kier alpha value is -2.96. The highest BCUT2D eigenvalue weighted by Crippen LogP contribution is 2.18. The van der Waals surface area contributed by atoms with E-state index in [0.717, 1.165) is 10.6 Å². The maximum absolute atomic E-state index is 12.9. The van der Waals surface area contributed by atoms with Gasteiger partial charge in [-0.25, -0.2) is 18.7 Å². The number of aromatic amines is 1. The SMILES string of the molecule is O=C(O)c1cc(=O)n2[nH]c(-c3ccc(F)cc3)cc2n1. The fraction of sp³-hybridized carbons (Fsp3) is 0. The lowest BCUT2D eigenvalue weighted by molar-refractivity contribution is 0.0690. The molecule has 20 heavy (non-hydrogen) atoms. The molecule has 0 unspecified atom stereocenters. The molecule has 0 saturated carbocycles. The van der Waals surface area contributed by atoms with Gasteiger partial charge in [0.15, 0.2) is 11.3 Å². The summed E-state index contributed by atoms with van der Waals surface area (Å²) >= 11 is 0. The molecule has 0 spiro atoms. The monoisotopic (exact) mass is 273 g/mol. The Labute approximate surface area is 111 Å². The third-order valence-corrected chi connectivity index (χ3v) is 2.82. The van der Waals surface area contributed by atoms with Crippen molar-refractivity contribution in [2.75, 3.05) is 0 Å². The van der Waals surface area contributed by atoms with Gasteiger partial charge in [0.1, 0.15) is 5.82 Å². The summed E-state index contributed by atoms with van der Waals surface area (Å²) in [4.78, 5) is 26.5. The molecule has 0 aliphatic rings. The number of nitrogens with one attached hydrogen (secondary N) is 1. The summed E-state index contributed by atoms with van der Waals surface area (Å²) in [7, 11) is 0. The largest absolute Gasteiger partial charge is 0.477 e. The molecule has 0 aliphatic carbocycles. The van der Waals surface area contributed by atoms with Gasteiger partial charge in [-0.05, 0) is 29.8 Å². The van der Waals surface area contributed by atoms with Gasteiger partial charge in [0.05, 0.1) is 5.69 Å². The van der Waals surface area contributed by atoms with Crippen molar-refractivity contribution in [1.29, 1.82) is 0 Å². The third kappa shape index (κ3) is 1.95. The van der Waals surface area contributed by atoms with Crippen LogP contribution in [-0.4, -0.2) is 25.7 Å². The van der Waals surface area contributed by atoms with Gasteiger partial charge in [-0.3, -0.25) is 9.89 Å². The molecule has 3 aromatic rings. The molecule has 2 heterocycles. The van der Waals surface area contributed by atoms with E-state index in [-0.39, 0.29) is 17.2 Å². The summed E-state index contributed by atoms with van der Waals surface area (Å²) in [5.74, 6) is -1.64. The van der Waals surface area contributed by atoms with Gasteiger partial charge in [0.2, 0.25) is 0 Å². The van der Waals surface area contributed by atoms with Crippen LogP contribution in [0.5, 0.6) is 0 Å². The van der Waals surface area contributed by atoms with Crippen LogP contribution in [0.4, 0.5) is 4.39 Å². The number of rotatable bonds is 2. The van der Waals surface area contributed by atoms with Crippen molar-refractivity contribution in [3.8, 4) is 11.3 Å². The summed E-state index contributed by atoms with van der Waals surface area (Å²) in [6.45, 7) is 0. The van der Waals surface area contributed by atoms with Gasteiger partial charge in [-0.15, -0.1) is 0 Å². The number of nitrogens with zero attached hydrogens (tertiary/aromatic N) is 2. The number of aromatic nitrogens is 3. The lowest BCUT2D eigenvalue weighted by atomic mass is 10.1. The average Bonchev–Trinajstić information content (AvgIpc) is 2.84. The number of fused-ring (bicyclic) bond motifs is 1. The lowest BCUT2D eigenvalue weighted by Crippen LogP contribution is -2.17. The zero-order valence-electron chi connectivity index (χ0n) is 10.0. The van der Waals surface area contributed by atoms with Crippen molar-refractivity contribution in [2.45, 2.75) is 0 Å². The van der Waals surface area contributed by atoms with Gasteiger partial charge >= 0.3 is 5.97 Å². The number of carboxylic acid groups (broad SMARTS) is 1. The molecule has 2 aromatic heterocycles. The number of carbonyl (C=O) groups is 1. The molecule has 0 atom stereocenters. The van der Waals surface area contributed by atoms with Crippen LogP contribution in [0, 0.1) is 5.82 Å². The summed E-state index contributed by atoms with van der Waals surface area (Å²) in [6, 6.07) is 8.13. The van der Waals surface area contributed by atoms with E-state index < -0.39 is 11.5 Å². The molecule has 6 nitrogen and oxygen atoms in total. The van der Waals surface area contributed by atoms with Gasteiger partial charge in [-0.2, -0.15) is 0 Å². The predicted molar refractivity (Wildman–Crippen MR) is 68.2 cm³/mol. The Morgan fingerprint density at radius 1 is 1.25 bits per heavy atom. The first kappa shape index (κ1) is 12.1. The number of benzene rings is 1. The van der Waals surface area contributed by atoms with Gasteiger partial charge in [0.25, 0.3) is 5.56 Å². The topological polar surface area (TPSA) is 87.5 Å². The molecule has 3 rings (SSSR count). The minimum atomic E-state index is -1.27. The summed E-state index contributed by atoms with van der Waals surface area (Å²) in [5.41, 5.74) is 0.542. The maximum atomic E-state index is 12.9. The summed E-state index contributed by atoms with van der Waals surface area (Å²) < 4.78 is 14.0. The second-order valence-electron chi connectivity index (χ2n) is 4.16. The van der Waals surface area contributed by atoms with E-state index in [1.54, 1.807) is 12.1 Å². The maximum Gasteiger partial charge on any atom is 0.354 e. The fourth-order valence-electron chi connectivity index (χ4n) is 1.88. The molecule has 0 fully saturated rings. The van der Waals surface area contributed by atoms with Crippen LogP contribution in [0.1, 0.15) is 10.5 Å². The minimum Gasteiger partial charge on any atom is -0.477 e. The molecule has 0 bridgehead atoms. The highest BCUT2D eigenvalue weighted by atomic mass is 19.1. The Morgan fingerprint density at radius 3 is 2.60 bits per heavy atom. The minimum absolute atomic E-state index is 0.189. The number of hydrogen-bond donors (Lipinski definition) is 2. The summed E-state index contributed by atoms with van der Waals surface area (Å²) in [5, 5.41) is 11.7. The number of hydrogen-bond acceptors (Lipinski definition) is 3. The number of carboxylic acids is 1. The smallest absolute Gasteiger partial charge is 0.354 e. The van der Waals surface area contributed by atoms with Gasteiger partial charge in [-0.1, -0.05) is 0 Å². The molecule has 1 aromatic carbocycles. The second kappa shape index (κ2) is 4.30. The highest BCUT2D eigenvalue weighted by molar-refractivity contribution is 5.85. The average molecular weight is 273 g/mol. The quantitative estimate of drug-likeness (QED) is 0.741. The Bertz CT molecular complexity index is 865. The van der Waals surface area contributed by atoms with Crippen molar-refractivity contribution >= 4 is 11.6 Å². The first-order valence-electron chi connectivity index (χ1n) is 5.66. The number of aromatic carboxylic acids is 1. The molecule has 0 radical (unpaired) electrons. The standard InChI is InChI=1S/C13H8FN3O3/c14-8-3-1-7(2-4-8)9-5-11-15-10(13(19)20)6-12(18)17(11)16-9/h1-6,16H,(H,19,20). The summed E-state index contributed by atoms with van der Waals surface area (Å²) in [6.07, 6.45) is 0. The van der Waals surface area contributed by atoms with Crippen LogP contribution in [-0.2, 0) is 0 Å². The van der Waals surface area contributed by atoms with Crippen LogP contribution in [0.15, 0.2) is 41.2 Å². The molecular formula is C13H8FN3O3. The Morgan fingerprint density at radius 2 is 1.95 bits per heavy atom. The van der Waals surface area contributed by atoms with E-state index in [4.69, 9.17) is 5.11 Å². The first-order chi connectivity index (χ1) is 9.54. The molecular weight excluding hydrogens is 265 g/mol. The van der Waals surface area contributed by atoms with Crippen LogP contribution in [0.25, 0.3) is 16.9 Å². The van der Waals surface area contributed by atoms with Crippen molar-refractivity contribution in [2.24, 2.45) is 0 Å². The van der Waals surface area contributed by atoms with E-state index in [9.17, 15) is 14.0 Å². The zero-order chi connectivity index (χ0) is 14.3. The van der Waals surface area contributed by atoms with Crippen LogP contribution < -0.4 is 5.56 Å². The molecule has 2 N–H and O–H groups in total. The van der Waals surface area contributed by atoms with E-state index in [0.29, 0.717) is 11.3 Å². The molecule has 100 valence electrons. The molecule has 0 aliphatic heterocycles. The van der Waals surface area contributed by atoms with Crippen molar-refractivity contribution in [3.63, 3.8) is 0 Å². The third-order valence-electron chi connectivity index (χ3n) is 2.82. The fourth-order valence-corrected chi connectivity index (χ4v) is 1.88. The number of halogens is 1. The molecule has 0 saturated heterocycles. The number of H-pyrrole nitrogens is 1. The van der Waals surface area contributed by atoms with Crippen LogP contribution in [0.2, 0.25) is 0 Å². The van der Waals surface area contributed by atoms with Gasteiger partial charge < -0.3 is 5.11 Å². The van der Waals surface area contributed by atoms with Gasteiger partial charge in [0, 0.05) is 12.1 Å². The highest BCUT2D eigenvalue weighted by Gasteiger charge is 2.11. The lowest BCUT2D eigenvalue weighted by Gasteiger charge is -1.96. The Kier molecular flexibility index (Phi) is 2.60.